The molecule has 2 aromatic heterocycles. The summed E-state index contributed by atoms with van der Waals surface area (Å²) in [6.07, 6.45) is 5.70. The van der Waals surface area contributed by atoms with Gasteiger partial charge in [0.25, 0.3) is 0 Å². The summed E-state index contributed by atoms with van der Waals surface area (Å²) in [5.74, 6) is 1.82. The molecule has 0 unspecified atom stereocenters. The Morgan fingerprint density at radius 2 is 2.06 bits per heavy atom. The van der Waals surface area contributed by atoms with Crippen LogP contribution < -0.4 is 15.0 Å². The number of nitrogens with one attached hydrogen (secondary N) is 2. The molecule has 0 saturated carbocycles. The highest BCUT2D eigenvalue weighted by atomic mass is 16.5. The largest absolute Gasteiger partial charge is 0.497 e. The van der Waals surface area contributed by atoms with Crippen LogP contribution in [0.5, 0.6) is 5.75 Å². The number of methoxy groups -OCH3 is 1. The molecule has 1 aliphatic rings. The van der Waals surface area contributed by atoms with Crippen LogP contribution in [0.3, 0.4) is 0 Å². The van der Waals surface area contributed by atoms with Crippen LogP contribution >= 0.6 is 0 Å². The predicted octanol–water partition coefficient (Wildman–Crippen LogP) is 5.31. The van der Waals surface area contributed by atoms with E-state index in [1.165, 1.54) is 24.6 Å². The lowest BCUT2D eigenvalue weighted by molar-refractivity contribution is -0.114. The molecule has 0 bridgehead atoms. The maximum atomic E-state index is 12.0. The third kappa shape index (κ3) is 5.07. The fraction of sp³-hybridized carbons (Fsp3) is 0.286. The fourth-order valence-corrected chi connectivity index (χ4v) is 4.58. The smallest absolute Gasteiger partial charge is 0.229 e. The Kier molecular flexibility index (Phi) is 6.66. The number of allylic oxidation sites excluding steroid dienone is 1. The first kappa shape index (κ1) is 23.5. The van der Waals surface area contributed by atoms with Crippen LogP contribution in [-0.2, 0) is 11.2 Å². The Bertz CT molecular complexity index is 1400. The van der Waals surface area contributed by atoms with E-state index < -0.39 is 0 Å². The number of rotatable bonds is 8. The zero-order valence-electron chi connectivity index (χ0n) is 20.6. The van der Waals surface area contributed by atoms with Crippen molar-refractivity contribution in [2.24, 2.45) is 5.92 Å². The number of piperidine rings is 1. The van der Waals surface area contributed by atoms with Crippen molar-refractivity contribution < 1.29 is 9.53 Å². The number of H-pyrrole nitrogens is 1. The highest BCUT2D eigenvalue weighted by Crippen LogP contribution is 2.32. The molecule has 0 radical (unpaired) electrons. The number of carbonyl (C=O) groups excluding carboxylic acids is 1. The average Bonchev–Trinajstić information content (AvgIpc) is 3.37. The van der Waals surface area contributed by atoms with Gasteiger partial charge in [-0.1, -0.05) is 19.6 Å². The molecule has 184 valence electrons. The number of nitrogens with zero attached hydrogens (tertiary/aromatic N) is 4. The standard InChI is InChI=1S/C28H30N6O2/c1-4-23(35)13-19-12-20(15-24(14-19)36-3)26-25-17-29-33-27(25)32-28(31-26)30-21-6-5-7-22(16-21)34-10-8-18(2)9-11-34/h4-7,12,14-18H,1,8-11,13H2,2-3H3,(H2,29,30,31,32,33). The molecular weight excluding hydrogens is 452 g/mol. The highest BCUT2D eigenvalue weighted by Gasteiger charge is 2.17. The summed E-state index contributed by atoms with van der Waals surface area (Å²) >= 11 is 0. The molecule has 0 aliphatic carbocycles. The van der Waals surface area contributed by atoms with E-state index in [9.17, 15) is 4.79 Å². The quantitative estimate of drug-likeness (QED) is 0.329. The fourth-order valence-electron chi connectivity index (χ4n) is 4.58. The van der Waals surface area contributed by atoms with Crippen molar-refractivity contribution in [1.82, 2.24) is 20.2 Å². The van der Waals surface area contributed by atoms with Gasteiger partial charge in [0.2, 0.25) is 5.95 Å². The number of ketones is 1. The monoisotopic (exact) mass is 482 g/mol. The van der Waals surface area contributed by atoms with Gasteiger partial charge in [-0.15, -0.1) is 0 Å². The van der Waals surface area contributed by atoms with Crippen molar-refractivity contribution in [1.29, 1.82) is 0 Å². The molecule has 5 rings (SSSR count). The minimum absolute atomic E-state index is 0.0595. The molecule has 0 spiro atoms. The van der Waals surface area contributed by atoms with Crippen LogP contribution in [-0.4, -0.2) is 46.1 Å². The lowest BCUT2D eigenvalue weighted by Gasteiger charge is -2.32. The maximum Gasteiger partial charge on any atom is 0.229 e. The minimum Gasteiger partial charge on any atom is -0.497 e. The summed E-state index contributed by atoms with van der Waals surface area (Å²) in [7, 11) is 1.61. The zero-order valence-corrected chi connectivity index (χ0v) is 20.6. The Labute approximate surface area is 210 Å². The number of hydrogen-bond acceptors (Lipinski definition) is 7. The minimum atomic E-state index is -0.0595. The predicted molar refractivity (Wildman–Crippen MR) is 143 cm³/mol. The number of hydrogen-bond donors (Lipinski definition) is 2. The summed E-state index contributed by atoms with van der Waals surface area (Å²) in [5, 5.41) is 11.3. The van der Waals surface area contributed by atoms with Crippen molar-refractivity contribution in [2.45, 2.75) is 26.2 Å². The Morgan fingerprint density at radius 3 is 2.83 bits per heavy atom. The second-order valence-corrected chi connectivity index (χ2v) is 9.29. The molecule has 3 heterocycles. The summed E-state index contributed by atoms with van der Waals surface area (Å²) in [5.41, 5.74) is 5.06. The molecule has 4 aromatic rings. The molecule has 1 saturated heterocycles. The number of fused-ring (bicyclic) bond motifs is 1. The van der Waals surface area contributed by atoms with E-state index in [0.29, 0.717) is 23.0 Å². The van der Waals surface area contributed by atoms with Gasteiger partial charge >= 0.3 is 0 Å². The van der Waals surface area contributed by atoms with Gasteiger partial charge in [-0.2, -0.15) is 10.1 Å². The molecule has 0 amide bonds. The second-order valence-electron chi connectivity index (χ2n) is 9.29. The molecule has 8 heteroatoms. The van der Waals surface area contributed by atoms with Crippen molar-refractivity contribution in [2.75, 3.05) is 30.4 Å². The molecule has 2 aromatic carbocycles. The van der Waals surface area contributed by atoms with Crippen molar-refractivity contribution in [3.05, 3.63) is 66.9 Å². The molecule has 8 nitrogen and oxygen atoms in total. The van der Waals surface area contributed by atoms with E-state index in [1.54, 1.807) is 13.3 Å². The summed E-state index contributed by atoms with van der Waals surface area (Å²) in [6, 6.07) is 14.1. The number of benzene rings is 2. The molecule has 36 heavy (non-hydrogen) atoms. The van der Waals surface area contributed by atoms with Crippen molar-refractivity contribution in [3.8, 4) is 17.0 Å². The van der Waals surface area contributed by atoms with Gasteiger partial charge < -0.3 is 15.0 Å². The average molecular weight is 483 g/mol. The van der Waals surface area contributed by atoms with Gasteiger partial charge in [-0.25, -0.2) is 4.98 Å². The summed E-state index contributed by atoms with van der Waals surface area (Å²) < 4.78 is 5.50. The van der Waals surface area contributed by atoms with Gasteiger partial charge in [-0.3, -0.25) is 9.89 Å². The highest BCUT2D eigenvalue weighted by molar-refractivity contribution is 5.93. The van der Waals surface area contributed by atoms with Gasteiger partial charge in [0.15, 0.2) is 11.4 Å². The van der Waals surface area contributed by atoms with Gasteiger partial charge in [0, 0.05) is 36.4 Å². The van der Waals surface area contributed by atoms with Crippen LogP contribution in [0.25, 0.3) is 22.3 Å². The summed E-state index contributed by atoms with van der Waals surface area (Å²) in [4.78, 5) is 23.9. The maximum absolute atomic E-state index is 12.0. The van der Waals surface area contributed by atoms with Crippen LogP contribution in [0.2, 0.25) is 0 Å². The van der Waals surface area contributed by atoms with Gasteiger partial charge in [-0.05, 0) is 66.8 Å². The molecule has 2 N–H and O–H groups in total. The lowest BCUT2D eigenvalue weighted by atomic mass is 9.99. The number of carbonyl (C=O) groups is 1. The molecule has 0 atom stereocenters. The third-order valence-electron chi connectivity index (χ3n) is 6.64. The third-order valence-corrected chi connectivity index (χ3v) is 6.64. The Morgan fingerprint density at radius 1 is 1.22 bits per heavy atom. The van der Waals surface area contributed by atoms with Gasteiger partial charge in [0.1, 0.15) is 5.75 Å². The first-order valence-corrected chi connectivity index (χ1v) is 12.2. The number of ether oxygens (including phenoxy) is 1. The van der Waals surface area contributed by atoms with E-state index in [4.69, 9.17) is 9.72 Å². The first-order chi connectivity index (χ1) is 17.5. The van der Waals surface area contributed by atoms with E-state index in [-0.39, 0.29) is 12.2 Å². The van der Waals surface area contributed by atoms with Crippen LogP contribution in [0.15, 0.2) is 61.3 Å². The van der Waals surface area contributed by atoms with Gasteiger partial charge in [0.05, 0.1) is 24.4 Å². The van der Waals surface area contributed by atoms with Crippen LogP contribution in [0.4, 0.5) is 17.3 Å². The summed E-state index contributed by atoms with van der Waals surface area (Å²) in [6.45, 7) is 8.03. The molecular formula is C28H30N6O2. The van der Waals surface area contributed by atoms with E-state index >= 15 is 0 Å². The van der Waals surface area contributed by atoms with E-state index in [1.807, 2.05) is 24.3 Å². The normalized spacial score (nSPS) is 14.1. The Hall–Kier alpha value is -4.20. The van der Waals surface area contributed by atoms with E-state index in [0.717, 1.165) is 41.2 Å². The topological polar surface area (TPSA) is 96.0 Å². The first-order valence-electron chi connectivity index (χ1n) is 12.2. The number of aromatic amines is 1. The molecule has 1 fully saturated rings. The zero-order chi connectivity index (χ0) is 25.1. The number of aromatic nitrogens is 4. The Balaban J connectivity index is 1.49. The van der Waals surface area contributed by atoms with E-state index in [2.05, 4.69) is 57.1 Å². The van der Waals surface area contributed by atoms with Crippen molar-refractivity contribution in [3.63, 3.8) is 0 Å². The SMILES string of the molecule is C=CC(=O)Cc1cc(OC)cc(-c2nc(Nc3cccc(N4CCC(C)CC4)c3)nc3[nH]ncc23)c1. The number of anilines is 3. The van der Waals surface area contributed by atoms with Crippen molar-refractivity contribution >= 4 is 34.1 Å². The lowest BCUT2D eigenvalue weighted by Crippen LogP contribution is -2.32. The molecule has 1 aliphatic heterocycles. The van der Waals surface area contributed by atoms with Crippen LogP contribution in [0, 0.1) is 5.92 Å². The second kappa shape index (κ2) is 10.2. The van der Waals surface area contributed by atoms with Crippen LogP contribution in [0.1, 0.15) is 25.3 Å².